The number of anilines is 2. The van der Waals surface area contributed by atoms with E-state index in [0.717, 1.165) is 25.7 Å². The molecule has 2 fully saturated rings. The smallest absolute Gasteiger partial charge is 0.295 e. The van der Waals surface area contributed by atoms with E-state index in [9.17, 15) is 22.0 Å². The monoisotopic (exact) mass is 500 g/mol. The van der Waals surface area contributed by atoms with E-state index in [-0.39, 0.29) is 29.4 Å². The standard InChI is InChI=1S/C20H30F2N8O3S/c1-28(2)34(32,33)29-9-7-13(8-10-29)25-17-19(31)30(14-5-3-4-6-14)18-15(26-17)11-23-20(27-18)24-12-16(21)22/h11,13-14,16H,3-10,12H2,1-2H3,(H,25,26)(H,23,24,27). The van der Waals surface area contributed by atoms with Gasteiger partial charge in [-0.2, -0.15) is 22.0 Å². The van der Waals surface area contributed by atoms with Crippen LogP contribution in [0.1, 0.15) is 44.6 Å². The zero-order valence-corrected chi connectivity index (χ0v) is 20.1. The molecular weight excluding hydrogens is 470 g/mol. The maximum atomic E-state index is 13.5. The SMILES string of the molecule is CN(C)S(=O)(=O)N1CCC(Nc2nc3cnc(NCC(F)F)nc3n(C3CCCC3)c2=O)CC1. The lowest BCUT2D eigenvalue weighted by Crippen LogP contribution is -2.47. The first-order valence-electron chi connectivity index (χ1n) is 11.4. The third-order valence-corrected chi connectivity index (χ3v) is 8.26. The van der Waals surface area contributed by atoms with Gasteiger partial charge in [-0.25, -0.2) is 18.7 Å². The van der Waals surface area contributed by atoms with Crippen molar-refractivity contribution >= 4 is 33.1 Å². The minimum atomic E-state index is -3.48. The molecule has 1 saturated heterocycles. The van der Waals surface area contributed by atoms with E-state index in [4.69, 9.17) is 0 Å². The number of rotatable bonds is 8. The molecule has 2 N–H and O–H groups in total. The minimum Gasteiger partial charge on any atom is -0.363 e. The fourth-order valence-corrected chi connectivity index (χ4v) is 5.64. The van der Waals surface area contributed by atoms with Crippen LogP contribution in [-0.2, 0) is 10.2 Å². The number of nitrogens with one attached hydrogen (secondary N) is 2. The molecule has 2 aliphatic rings. The molecule has 1 saturated carbocycles. The van der Waals surface area contributed by atoms with Crippen LogP contribution in [0.15, 0.2) is 11.0 Å². The highest BCUT2D eigenvalue weighted by Gasteiger charge is 2.31. The molecule has 11 nitrogen and oxygen atoms in total. The lowest BCUT2D eigenvalue weighted by atomic mass is 10.1. The Morgan fingerprint density at radius 2 is 1.82 bits per heavy atom. The van der Waals surface area contributed by atoms with Gasteiger partial charge in [-0.3, -0.25) is 9.36 Å². The third-order valence-electron chi connectivity index (χ3n) is 6.32. The highest BCUT2D eigenvalue weighted by atomic mass is 32.2. The summed E-state index contributed by atoms with van der Waals surface area (Å²) in [6, 6.07) is -0.167. The Labute approximate surface area is 196 Å². The van der Waals surface area contributed by atoms with Gasteiger partial charge in [0.05, 0.1) is 12.7 Å². The van der Waals surface area contributed by atoms with Crippen LogP contribution in [0.2, 0.25) is 0 Å². The Kier molecular flexibility index (Phi) is 7.28. The molecule has 0 radical (unpaired) electrons. The maximum absolute atomic E-state index is 13.5. The summed E-state index contributed by atoms with van der Waals surface area (Å²) in [5, 5.41) is 5.70. The van der Waals surface area contributed by atoms with Crippen molar-refractivity contribution in [2.75, 3.05) is 44.4 Å². The van der Waals surface area contributed by atoms with Gasteiger partial charge in [0.15, 0.2) is 11.5 Å². The van der Waals surface area contributed by atoms with Crippen LogP contribution in [0, 0.1) is 0 Å². The summed E-state index contributed by atoms with van der Waals surface area (Å²) < 4.78 is 54.1. The lowest BCUT2D eigenvalue weighted by Gasteiger charge is -2.33. The topological polar surface area (TPSA) is 125 Å². The second-order valence-corrected chi connectivity index (χ2v) is 11.0. The summed E-state index contributed by atoms with van der Waals surface area (Å²) in [4.78, 5) is 26.3. The zero-order chi connectivity index (χ0) is 24.5. The number of piperidine rings is 1. The van der Waals surface area contributed by atoms with E-state index in [2.05, 4.69) is 25.6 Å². The molecule has 14 heteroatoms. The Bertz CT molecular complexity index is 1180. The van der Waals surface area contributed by atoms with Crippen molar-refractivity contribution < 1.29 is 17.2 Å². The molecule has 0 atom stereocenters. The van der Waals surface area contributed by atoms with Crippen LogP contribution in [-0.4, -0.2) is 82.7 Å². The fraction of sp³-hybridized carbons (Fsp3) is 0.700. The summed E-state index contributed by atoms with van der Waals surface area (Å²) in [6.07, 6.45) is 3.56. The Morgan fingerprint density at radius 1 is 1.15 bits per heavy atom. The second kappa shape index (κ2) is 10.0. The van der Waals surface area contributed by atoms with Crippen molar-refractivity contribution in [2.45, 2.75) is 57.0 Å². The third kappa shape index (κ3) is 5.13. The average Bonchev–Trinajstić information content (AvgIpc) is 3.33. The van der Waals surface area contributed by atoms with E-state index in [0.29, 0.717) is 37.1 Å². The molecule has 2 aromatic heterocycles. The van der Waals surface area contributed by atoms with Gasteiger partial charge in [-0.1, -0.05) is 12.8 Å². The highest BCUT2D eigenvalue weighted by Crippen LogP contribution is 2.31. The van der Waals surface area contributed by atoms with Crippen LogP contribution < -0.4 is 16.2 Å². The molecule has 0 amide bonds. The minimum absolute atomic E-state index is 0.0240. The fourth-order valence-electron chi connectivity index (χ4n) is 4.51. The number of hydrogen-bond donors (Lipinski definition) is 2. The molecule has 0 bridgehead atoms. The summed E-state index contributed by atoms with van der Waals surface area (Å²) >= 11 is 0. The first-order valence-corrected chi connectivity index (χ1v) is 12.8. The molecule has 2 aromatic rings. The number of nitrogens with zero attached hydrogens (tertiary/aromatic N) is 6. The zero-order valence-electron chi connectivity index (χ0n) is 19.2. The van der Waals surface area contributed by atoms with Crippen molar-refractivity contribution in [3.05, 3.63) is 16.6 Å². The van der Waals surface area contributed by atoms with E-state index < -0.39 is 23.2 Å². The van der Waals surface area contributed by atoms with Crippen molar-refractivity contribution in [3.63, 3.8) is 0 Å². The van der Waals surface area contributed by atoms with Gasteiger partial charge in [-0.15, -0.1) is 0 Å². The lowest BCUT2D eigenvalue weighted by molar-refractivity contribution is 0.163. The summed E-state index contributed by atoms with van der Waals surface area (Å²) in [7, 11) is -0.476. The van der Waals surface area contributed by atoms with E-state index >= 15 is 0 Å². The predicted octanol–water partition coefficient (Wildman–Crippen LogP) is 1.66. The second-order valence-electron chi connectivity index (χ2n) is 8.86. The van der Waals surface area contributed by atoms with Crippen molar-refractivity contribution in [3.8, 4) is 0 Å². The molecule has 0 spiro atoms. The molecule has 1 aliphatic heterocycles. The Hall–Kier alpha value is -2.45. The largest absolute Gasteiger partial charge is 0.363 e. The van der Waals surface area contributed by atoms with Crippen molar-refractivity contribution in [2.24, 2.45) is 0 Å². The van der Waals surface area contributed by atoms with E-state index in [1.54, 1.807) is 4.57 Å². The number of aromatic nitrogens is 4. The number of hydrogen-bond acceptors (Lipinski definition) is 8. The molecule has 188 valence electrons. The highest BCUT2D eigenvalue weighted by molar-refractivity contribution is 7.86. The number of alkyl halides is 2. The molecule has 3 heterocycles. The van der Waals surface area contributed by atoms with Gasteiger partial charge in [0.25, 0.3) is 22.2 Å². The Morgan fingerprint density at radius 3 is 2.44 bits per heavy atom. The number of halogens is 2. The summed E-state index contributed by atoms with van der Waals surface area (Å²) in [5.74, 6) is 0.195. The molecule has 4 rings (SSSR count). The average molecular weight is 501 g/mol. The molecule has 0 aromatic carbocycles. The van der Waals surface area contributed by atoms with Gasteiger partial charge in [0.1, 0.15) is 5.52 Å². The number of fused-ring (bicyclic) bond motifs is 1. The molecule has 0 unspecified atom stereocenters. The van der Waals surface area contributed by atoms with Gasteiger partial charge in [-0.05, 0) is 25.7 Å². The van der Waals surface area contributed by atoms with Gasteiger partial charge in [0, 0.05) is 39.3 Å². The van der Waals surface area contributed by atoms with E-state index in [1.165, 1.54) is 28.9 Å². The normalized spacial score (nSPS) is 18.9. The van der Waals surface area contributed by atoms with Crippen LogP contribution in [0.5, 0.6) is 0 Å². The summed E-state index contributed by atoms with van der Waals surface area (Å²) in [5.41, 5.74) is 0.395. The van der Waals surface area contributed by atoms with Gasteiger partial charge in [0.2, 0.25) is 5.95 Å². The molecular formula is C20H30F2N8O3S. The first kappa shape index (κ1) is 24.7. The molecule has 1 aliphatic carbocycles. The van der Waals surface area contributed by atoms with Gasteiger partial charge < -0.3 is 10.6 Å². The predicted molar refractivity (Wildman–Crippen MR) is 124 cm³/mol. The van der Waals surface area contributed by atoms with Crippen LogP contribution in [0.3, 0.4) is 0 Å². The first-order chi connectivity index (χ1) is 16.2. The maximum Gasteiger partial charge on any atom is 0.295 e. The van der Waals surface area contributed by atoms with Gasteiger partial charge >= 0.3 is 0 Å². The summed E-state index contributed by atoms with van der Waals surface area (Å²) in [6.45, 7) is 0.0875. The van der Waals surface area contributed by atoms with E-state index in [1.807, 2.05) is 0 Å². The molecule has 34 heavy (non-hydrogen) atoms. The van der Waals surface area contributed by atoms with Crippen LogP contribution in [0.25, 0.3) is 11.2 Å². The van der Waals surface area contributed by atoms with Crippen molar-refractivity contribution in [1.82, 2.24) is 28.1 Å². The van der Waals surface area contributed by atoms with Crippen molar-refractivity contribution in [1.29, 1.82) is 0 Å². The van der Waals surface area contributed by atoms with Crippen LogP contribution in [0.4, 0.5) is 20.5 Å². The Balaban J connectivity index is 1.60. The van der Waals surface area contributed by atoms with Crippen LogP contribution >= 0.6 is 0 Å². The quantitative estimate of drug-likeness (QED) is 0.561.